The number of nitrogens with one attached hydrogen (secondary N) is 1. The van der Waals surface area contributed by atoms with E-state index in [-0.39, 0.29) is 11.7 Å². The first-order valence-corrected chi connectivity index (χ1v) is 10.6. The van der Waals surface area contributed by atoms with E-state index < -0.39 is 0 Å². The SMILES string of the molecule is CCCCc1ccc(NC(=O)CSc2ccc(-c3ccc(Cl)cc3)nn2)cc1. The van der Waals surface area contributed by atoms with Crippen LogP contribution in [-0.2, 0) is 11.2 Å². The van der Waals surface area contributed by atoms with Crippen molar-refractivity contribution in [1.29, 1.82) is 0 Å². The first kappa shape index (κ1) is 20.4. The van der Waals surface area contributed by atoms with Gasteiger partial charge in [-0.3, -0.25) is 4.79 Å². The minimum atomic E-state index is -0.0603. The molecule has 1 N–H and O–H groups in total. The summed E-state index contributed by atoms with van der Waals surface area (Å²) >= 11 is 7.27. The van der Waals surface area contributed by atoms with Crippen molar-refractivity contribution in [3.05, 3.63) is 71.2 Å². The number of carbonyl (C=O) groups excluding carboxylic acids is 1. The summed E-state index contributed by atoms with van der Waals surface area (Å²) in [5.41, 5.74) is 3.84. The van der Waals surface area contributed by atoms with Crippen molar-refractivity contribution in [3.8, 4) is 11.3 Å². The van der Waals surface area contributed by atoms with E-state index in [4.69, 9.17) is 11.6 Å². The monoisotopic (exact) mass is 411 g/mol. The molecule has 0 saturated heterocycles. The Morgan fingerprint density at radius 3 is 2.39 bits per heavy atom. The zero-order valence-corrected chi connectivity index (χ0v) is 17.3. The van der Waals surface area contributed by atoms with Crippen LogP contribution in [0.25, 0.3) is 11.3 Å². The molecule has 28 heavy (non-hydrogen) atoms. The van der Waals surface area contributed by atoms with Gasteiger partial charge in [-0.05, 0) is 54.8 Å². The maximum atomic E-state index is 12.2. The third kappa shape index (κ3) is 6.08. The summed E-state index contributed by atoms with van der Waals surface area (Å²) in [6.07, 6.45) is 3.44. The molecular weight excluding hydrogens is 390 g/mol. The lowest BCUT2D eigenvalue weighted by molar-refractivity contribution is -0.113. The van der Waals surface area contributed by atoms with Crippen molar-refractivity contribution in [2.75, 3.05) is 11.1 Å². The minimum absolute atomic E-state index is 0.0603. The van der Waals surface area contributed by atoms with Gasteiger partial charge in [-0.2, -0.15) is 0 Å². The van der Waals surface area contributed by atoms with Crippen LogP contribution in [0.3, 0.4) is 0 Å². The number of amides is 1. The Bertz CT molecular complexity index is 897. The van der Waals surface area contributed by atoms with E-state index in [2.05, 4.69) is 34.6 Å². The van der Waals surface area contributed by atoms with E-state index in [1.54, 1.807) is 0 Å². The summed E-state index contributed by atoms with van der Waals surface area (Å²) < 4.78 is 0. The van der Waals surface area contributed by atoms with Gasteiger partial charge in [0.15, 0.2) is 0 Å². The Morgan fingerprint density at radius 1 is 1.00 bits per heavy atom. The second kappa shape index (κ2) is 10.2. The largest absolute Gasteiger partial charge is 0.325 e. The fourth-order valence-corrected chi connectivity index (χ4v) is 3.38. The molecule has 0 radical (unpaired) electrons. The van der Waals surface area contributed by atoms with Crippen LogP contribution in [0, 0.1) is 0 Å². The van der Waals surface area contributed by atoms with Crippen molar-refractivity contribution < 1.29 is 4.79 Å². The zero-order chi connectivity index (χ0) is 19.8. The molecular formula is C22H22ClN3OS. The summed E-state index contributed by atoms with van der Waals surface area (Å²) in [7, 11) is 0. The number of hydrogen-bond donors (Lipinski definition) is 1. The van der Waals surface area contributed by atoms with Crippen LogP contribution in [-0.4, -0.2) is 21.9 Å². The van der Waals surface area contributed by atoms with Gasteiger partial charge >= 0.3 is 0 Å². The van der Waals surface area contributed by atoms with Gasteiger partial charge in [-0.15, -0.1) is 10.2 Å². The highest BCUT2D eigenvalue weighted by Crippen LogP contribution is 2.21. The van der Waals surface area contributed by atoms with Gasteiger partial charge in [0, 0.05) is 16.3 Å². The molecule has 2 aromatic carbocycles. The lowest BCUT2D eigenvalue weighted by atomic mass is 10.1. The van der Waals surface area contributed by atoms with Crippen LogP contribution >= 0.6 is 23.4 Å². The molecule has 0 aliphatic carbocycles. The van der Waals surface area contributed by atoms with Gasteiger partial charge in [-0.25, -0.2) is 0 Å². The van der Waals surface area contributed by atoms with Crippen molar-refractivity contribution in [1.82, 2.24) is 10.2 Å². The van der Waals surface area contributed by atoms with E-state index in [0.717, 1.165) is 23.4 Å². The van der Waals surface area contributed by atoms with E-state index in [1.165, 1.54) is 30.2 Å². The first-order chi connectivity index (χ1) is 13.6. The molecule has 0 fully saturated rings. The molecule has 144 valence electrons. The maximum absolute atomic E-state index is 12.2. The molecule has 0 saturated carbocycles. The predicted molar refractivity (Wildman–Crippen MR) is 117 cm³/mol. The lowest BCUT2D eigenvalue weighted by Gasteiger charge is -2.06. The molecule has 4 nitrogen and oxygen atoms in total. The molecule has 0 bridgehead atoms. The molecule has 0 aliphatic rings. The Hall–Kier alpha value is -2.37. The fourth-order valence-electron chi connectivity index (χ4n) is 2.64. The normalized spacial score (nSPS) is 10.6. The molecule has 6 heteroatoms. The molecule has 0 aliphatic heterocycles. The van der Waals surface area contributed by atoms with E-state index in [9.17, 15) is 4.79 Å². The van der Waals surface area contributed by atoms with Crippen LogP contribution < -0.4 is 5.32 Å². The maximum Gasteiger partial charge on any atom is 0.234 e. The highest BCUT2D eigenvalue weighted by Gasteiger charge is 2.06. The van der Waals surface area contributed by atoms with Crippen LogP contribution in [0.1, 0.15) is 25.3 Å². The molecule has 1 heterocycles. The van der Waals surface area contributed by atoms with Crippen molar-refractivity contribution >= 4 is 35.0 Å². The number of nitrogens with zero attached hydrogens (tertiary/aromatic N) is 2. The molecule has 3 aromatic rings. The Balaban J connectivity index is 1.49. The number of benzene rings is 2. The minimum Gasteiger partial charge on any atom is -0.325 e. The van der Waals surface area contributed by atoms with Gasteiger partial charge in [0.05, 0.1) is 11.4 Å². The van der Waals surface area contributed by atoms with Crippen LogP contribution in [0.4, 0.5) is 5.69 Å². The number of hydrogen-bond acceptors (Lipinski definition) is 4. The summed E-state index contributed by atoms with van der Waals surface area (Å²) in [6.45, 7) is 2.18. The summed E-state index contributed by atoms with van der Waals surface area (Å²) in [6, 6.07) is 19.3. The Morgan fingerprint density at radius 2 is 1.75 bits per heavy atom. The standard InChI is InChI=1S/C22H22ClN3OS/c1-2-3-4-16-5-11-19(12-6-16)24-21(27)15-28-22-14-13-20(25-26-22)17-7-9-18(23)10-8-17/h5-14H,2-4,15H2,1H3,(H,24,27). The van der Waals surface area contributed by atoms with Gasteiger partial charge in [-0.1, -0.05) is 61.0 Å². The van der Waals surface area contributed by atoms with Crippen LogP contribution in [0.5, 0.6) is 0 Å². The zero-order valence-electron chi connectivity index (χ0n) is 15.7. The number of carbonyl (C=O) groups is 1. The molecule has 1 aromatic heterocycles. The second-order valence-electron chi connectivity index (χ2n) is 6.40. The summed E-state index contributed by atoms with van der Waals surface area (Å²) in [5.74, 6) is 0.224. The second-order valence-corrected chi connectivity index (χ2v) is 7.83. The number of aromatic nitrogens is 2. The highest BCUT2D eigenvalue weighted by atomic mass is 35.5. The quantitative estimate of drug-likeness (QED) is 0.471. The fraction of sp³-hybridized carbons (Fsp3) is 0.227. The van der Waals surface area contributed by atoms with Crippen LogP contribution in [0.2, 0.25) is 5.02 Å². The molecule has 0 spiro atoms. The van der Waals surface area contributed by atoms with Crippen molar-refractivity contribution in [2.24, 2.45) is 0 Å². The summed E-state index contributed by atoms with van der Waals surface area (Å²) in [4.78, 5) is 12.2. The smallest absolute Gasteiger partial charge is 0.234 e. The number of halogens is 1. The molecule has 0 atom stereocenters. The number of anilines is 1. The number of aryl methyl sites for hydroxylation is 1. The topological polar surface area (TPSA) is 54.9 Å². The highest BCUT2D eigenvalue weighted by molar-refractivity contribution is 7.99. The molecule has 3 rings (SSSR count). The third-order valence-electron chi connectivity index (χ3n) is 4.19. The average Bonchev–Trinajstić information content (AvgIpc) is 2.73. The van der Waals surface area contributed by atoms with Crippen LogP contribution in [0.15, 0.2) is 65.7 Å². The lowest BCUT2D eigenvalue weighted by Crippen LogP contribution is -2.14. The van der Waals surface area contributed by atoms with E-state index in [0.29, 0.717) is 10.0 Å². The van der Waals surface area contributed by atoms with Gasteiger partial charge < -0.3 is 5.32 Å². The average molecular weight is 412 g/mol. The van der Waals surface area contributed by atoms with E-state index in [1.807, 2.05) is 48.5 Å². The van der Waals surface area contributed by atoms with Gasteiger partial charge in [0.25, 0.3) is 0 Å². The number of unbranched alkanes of at least 4 members (excludes halogenated alkanes) is 1. The Labute approximate surface area is 174 Å². The number of rotatable bonds is 8. The molecule has 1 amide bonds. The van der Waals surface area contributed by atoms with Gasteiger partial charge in [0.1, 0.15) is 5.03 Å². The molecule has 0 unspecified atom stereocenters. The predicted octanol–water partition coefficient (Wildman–Crippen LogP) is 5.87. The Kier molecular flexibility index (Phi) is 7.46. The van der Waals surface area contributed by atoms with Gasteiger partial charge in [0.2, 0.25) is 5.91 Å². The first-order valence-electron chi connectivity index (χ1n) is 9.25. The number of thioether (sulfide) groups is 1. The van der Waals surface area contributed by atoms with Crippen molar-refractivity contribution in [3.63, 3.8) is 0 Å². The van der Waals surface area contributed by atoms with Crippen molar-refractivity contribution in [2.45, 2.75) is 31.2 Å². The third-order valence-corrected chi connectivity index (χ3v) is 5.36. The summed E-state index contributed by atoms with van der Waals surface area (Å²) in [5, 5.41) is 12.7. The van der Waals surface area contributed by atoms with E-state index >= 15 is 0 Å².